The van der Waals surface area contributed by atoms with E-state index in [1.165, 1.54) is 11.3 Å². The molecule has 0 bridgehead atoms. The highest BCUT2D eigenvalue weighted by Gasteiger charge is 2.23. The number of ether oxygens (including phenoxy) is 1. The Labute approximate surface area is 171 Å². The minimum atomic E-state index is -0.437. The lowest BCUT2D eigenvalue weighted by molar-refractivity contribution is 0.100. The van der Waals surface area contributed by atoms with Gasteiger partial charge in [-0.15, -0.1) is 11.3 Å². The number of amides is 1. The summed E-state index contributed by atoms with van der Waals surface area (Å²) in [5, 5.41) is 7.10. The Morgan fingerprint density at radius 2 is 1.97 bits per heavy atom. The van der Waals surface area contributed by atoms with Crippen LogP contribution in [0.4, 0.5) is 5.82 Å². The number of nitrogens with zero attached hydrogens (tertiary/aromatic N) is 2. The summed E-state index contributed by atoms with van der Waals surface area (Å²) < 4.78 is 5.78. The molecule has 1 amide bonds. The number of fused-ring (bicyclic) bond motifs is 2. The maximum absolute atomic E-state index is 11.8. The smallest absolute Gasteiger partial charge is 0.249 e. The first-order chi connectivity index (χ1) is 14.2. The number of nitrogens with two attached hydrogens (primary N) is 1. The number of nitrogens with one attached hydrogen (secondary N) is 1. The fourth-order valence-corrected chi connectivity index (χ4v) is 4.52. The number of hydrogen-bond donors (Lipinski definition) is 2. The van der Waals surface area contributed by atoms with E-state index in [1.54, 1.807) is 6.07 Å². The van der Waals surface area contributed by atoms with Gasteiger partial charge in [0.1, 0.15) is 0 Å². The van der Waals surface area contributed by atoms with Crippen LogP contribution in [0.25, 0.3) is 21.5 Å². The second-order valence-corrected chi connectivity index (χ2v) is 7.68. The fourth-order valence-electron chi connectivity index (χ4n) is 3.53. The molecule has 2 aromatic heterocycles. The first-order valence-corrected chi connectivity index (χ1v) is 10.2. The Hall–Kier alpha value is -3.45. The molecule has 1 aliphatic rings. The van der Waals surface area contributed by atoms with Gasteiger partial charge in [0.2, 0.25) is 5.91 Å². The second-order valence-electron chi connectivity index (χ2n) is 6.81. The number of anilines is 1. The average molecular weight is 402 g/mol. The molecule has 0 atom stereocenters. The normalized spacial score (nSPS) is 12.6. The minimum absolute atomic E-state index is 0.437. The number of carbonyl (C=O) groups excluding carboxylic acids is 1. The van der Waals surface area contributed by atoms with Gasteiger partial charge in [0.25, 0.3) is 0 Å². The molecule has 0 saturated heterocycles. The Kier molecular flexibility index (Phi) is 4.37. The van der Waals surface area contributed by atoms with Gasteiger partial charge in [-0.05, 0) is 11.6 Å². The van der Waals surface area contributed by atoms with E-state index >= 15 is 0 Å². The van der Waals surface area contributed by atoms with Crippen molar-refractivity contribution in [1.29, 1.82) is 0 Å². The number of benzene rings is 2. The van der Waals surface area contributed by atoms with E-state index in [0.29, 0.717) is 30.4 Å². The van der Waals surface area contributed by atoms with Crippen LogP contribution < -0.4 is 15.8 Å². The third-order valence-corrected chi connectivity index (χ3v) is 5.93. The van der Waals surface area contributed by atoms with Crippen LogP contribution in [0.2, 0.25) is 0 Å². The number of thiophene rings is 1. The van der Waals surface area contributed by atoms with Gasteiger partial charge >= 0.3 is 0 Å². The highest BCUT2D eigenvalue weighted by molar-refractivity contribution is 7.15. The fraction of sp³-hybridized carbons (Fsp3) is 0.136. The van der Waals surface area contributed by atoms with Crippen LogP contribution in [0, 0.1) is 0 Å². The molecule has 144 valence electrons. The van der Waals surface area contributed by atoms with E-state index in [1.807, 2.05) is 35.7 Å². The molecular weight excluding hydrogens is 384 g/mol. The van der Waals surface area contributed by atoms with Gasteiger partial charge in [-0.1, -0.05) is 42.5 Å². The molecule has 0 radical (unpaired) electrons. The summed E-state index contributed by atoms with van der Waals surface area (Å²) in [7, 11) is 0. The molecule has 0 spiro atoms. The average Bonchev–Trinajstić information content (AvgIpc) is 3.39. The molecule has 3 heterocycles. The summed E-state index contributed by atoms with van der Waals surface area (Å²) >= 11 is 1.51. The third-order valence-electron chi connectivity index (χ3n) is 4.94. The standard InChI is InChI=1S/C22H18N4O2S/c23-20(27)15-8-4-7-14-16(15)12-29-19(14)22-25-17-9-10-28-18(17)21(26-22)24-11-13-5-2-1-3-6-13/h1-8,12H,9-11H2,(H2,23,27)(H,24,25,26). The number of rotatable bonds is 5. The zero-order valence-corrected chi connectivity index (χ0v) is 16.3. The largest absolute Gasteiger partial charge is 0.487 e. The van der Waals surface area contributed by atoms with Crippen molar-refractivity contribution in [3.8, 4) is 16.5 Å². The van der Waals surface area contributed by atoms with Crippen LogP contribution in [-0.4, -0.2) is 22.5 Å². The van der Waals surface area contributed by atoms with Gasteiger partial charge in [-0.2, -0.15) is 0 Å². The number of primary amides is 1. The number of aromatic nitrogens is 2. The van der Waals surface area contributed by atoms with Crippen molar-refractivity contribution in [1.82, 2.24) is 9.97 Å². The molecule has 29 heavy (non-hydrogen) atoms. The van der Waals surface area contributed by atoms with E-state index in [0.717, 1.165) is 39.1 Å². The van der Waals surface area contributed by atoms with Gasteiger partial charge in [-0.25, -0.2) is 9.97 Å². The predicted molar refractivity (Wildman–Crippen MR) is 114 cm³/mol. The maximum atomic E-state index is 11.8. The lowest BCUT2D eigenvalue weighted by Crippen LogP contribution is -2.10. The van der Waals surface area contributed by atoms with Gasteiger partial charge in [0.05, 0.1) is 17.2 Å². The zero-order valence-electron chi connectivity index (χ0n) is 15.5. The molecular formula is C22H18N4O2S. The summed E-state index contributed by atoms with van der Waals surface area (Å²) in [6.07, 6.45) is 0.751. The highest BCUT2D eigenvalue weighted by Crippen LogP contribution is 2.39. The van der Waals surface area contributed by atoms with Crippen LogP contribution in [0.1, 0.15) is 21.6 Å². The predicted octanol–water partition coefficient (Wildman–Crippen LogP) is 4.00. The number of carbonyl (C=O) groups is 1. The van der Waals surface area contributed by atoms with Crippen molar-refractivity contribution in [3.05, 3.63) is 70.7 Å². The van der Waals surface area contributed by atoms with Crippen molar-refractivity contribution < 1.29 is 9.53 Å². The van der Waals surface area contributed by atoms with Gasteiger partial charge < -0.3 is 15.8 Å². The van der Waals surface area contributed by atoms with Crippen LogP contribution in [0.15, 0.2) is 53.9 Å². The third kappa shape index (κ3) is 3.19. The lowest BCUT2D eigenvalue weighted by atomic mass is 10.1. The van der Waals surface area contributed by atoms with Gasteiger partial charge in [0, 0.05) is 34.7 Å². The topological polar surface area (TPSA) is 90.1 Å². The summed E-state index contributed by atoms with van der Waals surface area (Å²) in [5.74, 6) is 1.61. The van der Waals surface area contributed by atoms with E-state index in [9.17, 15) is 4.79 Å². The second kappa shape index (κ2) is 7.18. The Bertz CT molecular complexity index is 1220. The molecule has 4 aromatic rings. The van der Waals surface area contributed by atoms with Crippen molar-refractivity contribution in [3.63, 3.8) is 0 Å². The van der Waals surface area contributed by atoms with Crippen LogP contribution in [0.5, 0.6) is 5.75 Å². The first kappa shape index (κ1) is 17.6. The molecule has 0 fully saturated rings. The summed E-state index contributed by atoms with van der Waals surface area (Å²) in [5.41, 5.74) is 8.10. The van der Waals surface area contributed by atoms with Crippen molar-refractivity contribution in [2.45, 2.75) is 13.0 Å². The quantitative estimate of drug-likeness (QED) is 0.526. The van der Waals surface area contributed by atoms with E-state index in [4.69, 9.17) is 20.4 Å². The number of hydrogen-bond acceptors (Lipinski definition) is 6. The van der Waals surface area contributed by atoms with Crippen LogP contribution in [0.3, 0.4) is 0 Å². The summed E-state index contributed by atoms with van der Waals surface area (Å²) in [4.78, 5) is 22.2. The van der Waals surface area contributed by atoms with Gasteiger partial charge in [-0.3, -0.25) is 4.79 Å². The van der Waals surface area contributed by atoms with Crippen molar-refractivity contribution >= 4 is 33.8 Å². The molecule has 0 saturated carbocycles. The Balaban J connectivity index is 1.57. The minimum Gasteiger partial charge on any atom is -0.487 e. The molecule has 0 aliphatic carbocycles. The van der Waals surface area contributed by atoms with E-state index in [-0.39, 0.29) is 0 Å². The van der Waals surface area contributed by atoms with Crippen molar-refractivity contribution in [2.24, 2.45) is 5.73 Å². The molecule has 5 rings (SSSR count). The summed E-state index contributed by atoms with van der Waals surface area (Å²) in [6, 6.07) is 15.7. The van der Waals surface area contributed by atoms with Crippen LogP contribution in [-0.2, 0) is 13.0 Å². The zero-order chi connectivity index (χ0) is 19.8. The maximum Gasteiger partial charge on any atom is 0.249 e. The highest BCUT2D eigenvalue weighted by atomic mass is 32.1. The van der Waals surface area contributed by atoms with E-state index in [2.05, 4.69) is 17.4 Å². The molecule has 2 aromatic carbocycles. The summed E-state index contributed by atoms with van der Waals surface area (Å²) in [6.45, 7) is 1.24. The molecule has 6 nitrogen and oxygen atoms in total. The Morgan fingerprint density at radius 3 is 2.79 bits per heavy atom. The molecule has 3 N–H and O–H groups in total. The molecule has 1 aliphatic heterocycles. The lowest BCUT2D eigenvalue weighted by Gasteiger charge is -2.11. The molecule has 7 heteroatoms. The molecule has 0 unspecified atom stereocenters. The van der Waals surface area contributed by atoms with Crippen molar-refractivity contribution in [2.75, 3.05) is 11.9 Å². The Morgan fingerprint density at radius 1 is 1.10 bits per heavy atom. The SMILES string of the molecule is NC(=O)c1cccc2c(-c3nc4c(c(NCc5ccccc5)n3)OCC4)scc12. The first-order valence-electron chi connectivity index (χ1n) is 9.32. The van der Waals surface area contributed by atoms with Gasteiger partial charge in [0.15, 0.2) is 17.4 Å². The monoisotopic (exact) mass is 402 g/mol. The van der Waals surface area contributed by atoms with Crippen LogP contribution >= 0.6 is 11.3 Å². The van der Waals surface area contributed by atoms with E-state index < -0.39 is 5.91 Å².